The fraction of sp³-hybridized carbons (Fsp3) is 0.800. The Balaban J connectivity index is 2.10. The first-order valence-electron chi connectivity index (χ1n) is 7.90. The summed E-state index contributed by atoms with van der Waals surface area (Å²) in [5.74, 6) is -1.23. The average molecular weight is 312 g/mol. The normalized spacial score (nSPS) is 29.3. The Morgan fingerprint density at radius 1 is 1.23 bits per heavy atom. The van der Waals surface area contributed by atoms with Crippen LogP contribution in [0.1, 0.15) is 39.5 Å². The molecule has 0 bridgehead atoms. The number of amides is 2. The molecule has 7 heteroatoms. The monoisotopic (exact) mass is 312 g/mol. The second-order valence-corrected chi connectivity index (χ2v) is 5.97. The number of carboxylic acids is 1. The van der Waals surface area contributed by atoms with Crippen molar-refractivity contribution in [3.63, 3.8) is 0 Å². The summed E-state index contributed by atoms with van der Waals surface area (Å²) >= 11 is 0. The van der Waals surface area contributed by atoms with Gasteiger partial charge in [0.15, 0.2) is 6.10 Å². The SMILES string of the molecule is CCC(=O)N1CCCCC1C(=O)N1CC(C(=O)O)O[C@H](C)C1. The van der Waals surface area contributed by atoms with Crippen LogP contribution in [-0.2, 0) is 19.1 Å². The number of aliphatic carboxylic acids is 1. The van der Waals surface area contributed by atoms with E-state index in [0.717, 1.165) is 12.8 Å². The van der Waals surface area contributed by atoms with Gasteiger partial charge in [0.25, 0.3) is 0 Å². The second-order valence-electron chi connectivity index (χ2n) is 5.97. The third-order valence-electron chi connectivity index (χ3n) is 4.26. The first kappa shape index (κ1) is 16.7. The minimum Gasteiger partial charge on any atom is -0.479 e. The number of carboxylic acid groups (broad SMARTS) is 1. The molecule has 2 aliphatic heterocycles. The molecule has 0 saturated carbocycles. The zero-order valence-corrected chi connectivity index (χ0v) is 13.2. The number of hydrogen-bond acceptors (Lipinski definition) is 4. The van der Waals surface area contributed by atoms with Gasteiger partial charge in [-0.1, -0.05) is 6.92 Å². The zero-order chi connectivity index (χ0) is 16.3. The second kappa shape index (κ2) is 7.09. The highest BCUT2D eigenvalue weighted by atomic mass is 16.5. The Morgan fingerprint density at radius 2 is 1.95 bits per heavy atom. The van der Waals surface area contributed by atoms with Gasteiger partial charge in [-0.05, 0) is 26.2 Å². The van der Waals surface area contributed by atoms with Gasteiger partial charge in [-0.25, -0.2) is 4.79 Å². The van der Waals surface area contributed by atoms with Gasteiger partial charge in [-0.2, -0.15) is 0 Å². The predicted octanol–water partition coefficient (Wildman–Crippen LogP) is 0.478. The molecule has 0 aromatic carbocycles. The summed E-state index contributed by atoms with van der Waals surface area (Å²) in [7, 11) is 0. The molecule has 2 amide bonds. The van der Waals surface area contributed by atoms with Gasteiger partial charge in [-0.3, -0.25) is 9.59 Å². The highest BCUT2D eigenvalue weighted by Gasteiger charge is 2.38. The van der Waals surface area contributed by atoms with Crippen LogP contribution >= 0.6 is 0 Å². The number of ether oxygens (including phenoxy) is 1. The molecule has 0 aromatic rings. The average Bonchev–Trinajstić information content (AvgIpc) is 2.52. The highest BCUT2D eigenvalue weighted by molar-refractivity contribution is 5.88. The fourth-order valence-corrected chi connectivity index (χ4v) is 3.17. The number of morpholine rings is 1. The largest absolute Gasteiger partial charge is 0.479 e. The molecule has 2 saturated heterocycles. The van der Waals surface area contributed by atoms with Crippen molar-refractivity contribution in [2.45, 2.75) is 57.8 Å². The Morgan fingerprint density at radius 3 is 2.59 bits per heavy atom. The lowest BCUT2D eigenvalue weighted by Gasteiger charge is -2.41. The van der Waals surface area contributed by atoms with Crippen molar-refractivity contribution in [1.82, 2.24) is 9.80 Å². The van der Waals surface area contributed by atoms with E-state index in [9.17, 15) is 14.4 Å². The minimum absolute atomic E-state index is 0.0193. The topological polar surface area (TPSA) is 87.2 Å². The summed E-state index contributed by atoms with van der Waals surface area (Å²) in [6.07, 6.45) is 1.53. The van der Waals surface area contributed by atoms with Gasteiger partial charge in [0.05, 0.1) is 12.6 Å². The Labute approximate surface area is 130 Å². The summed E-state index contributed by atoms with van der Waals surface area (Å²) in [6, 6.07) is -0.457. The van der Waals surface area contributed by atoms with Crippen LogP contribution in [0.4, 0.5) is 0 Å². The summed E-state index contributed by atoms with van der Waals surface area (Å²) < 4.78 is 5.34. The number of hydrogen-bond donors (Lipinski definition) is 1. The summed E-state index contributed by atoms with van der Waals surface area (Å²) in [5, 5.41) is 9.12. The van der Waals surface area contributed by atoms with Crippen molar-refractivity contribution >= 4 is 17.8 Å². The fourth-order valence-electron chi connectivity index (χ4n) is 3.17. The smallest absolute Gasteiger partial charge is 0.334 e. The molecule has 7 nitrogen and oxygen atoms in total. The van der Waals surface area contributed by atoms with Gasteiger partial charge in [0.1, 0.15) is 6.04 Å². The molecule has 0 aromatic heterocycles. The first-order valence-corrected chi connectivity index (χ1v) is 7.90. The van der Waals surface area contributed by atoms with Crippen molar-refractivity contribution in [2.75, 3.05) is 19.6 Å². The van der Waals surface area contributed by atoms with E-state index in [0.29, 0.717) is 25.9 Å². The van der Waals surface area contributed by atoms with Gasteiger partial charge in [-0.15, -0.1) is 0 Å². The maximum atomic E-state index is 12.8. The van der Waals surface area contributed by atoms with Crippen LogP contribution in [0.15, 0.2) is 0 Å². The Bertz CT molecular complexity index is 453. The van der Waals surface area contributed by atoms with E-state index in [4.69, 9.17) is 9.84 Å². The van der Waals surface area contributed by atoms with Gasteiger partial charge < -0.3 is 19.6 Å². The van der Waals surface area contributed by atoms with Crippen LogP contribution in [0.2, 0.25) is 0 Å². The summed E-state index contributed by atoms with van der Waals surface area (Å²) in [4.78, 5) is 39.1. The van der Waals surface area contributed by atoms with Crippen molar-refractivity contribution in [3.05, 3.63) is 0 Å². The molecule has 2 rings (SSSR count). The van der Waals surface area contributed by atoms with E-state index in [1.807, 2.05) is 0 Å². The number of carbonyl (C=O) groups is 3. The van der Waals surface area contributed by atoms with Crippen LogP contribution in [0.5, 0.6) is 0 Å². The standard InChI is InChI=1S/C15H24N2O5/c1-3-13(18)17-7-5-4-6-11(17)14(19)16-8-10(2)22-12(9-16)15(20)21/h10-12H,3-9H2,1-2H3,(H,20,21)/t10-,11?,12?/m1/s1. The van der Waals surface area contributed by atoms with Crippen molar-refractivity contribution < 1.29 is 24.2 Å². The lowest BCUT2D eigenvalue weighted by Crippen LogP contribution is -2.58. The molecule has 2 heterocycles. The van der Waals surface area contributed by atoms with E-state index >= 15 is 0 Å². The molecule has 124 valence electrons. The quantitative estimate of drug-likeness (QED) is 0.819. The molecule has 0 spiro atoms. The number of carbonyl (C=O) groups excluding carboxylic acids is 2. The molecule has 2 fully saturated rings. The maximum absolute atomic E-state index is 12.8. The molecule has 2 unspecified atom stereocenters. The first-order chi connectivity index (χ1) is 10.4. The Hall–Kier alpha value is -1.63. The van der Waals surface area contributed by atoms with Crippen LogP contribution in [0.25, 0.3) is 0 Å². The van der Waals surface area contributed by atoms with Crippen LogP contribution < -0.4 is 0 Å². The molecule has 0 radical (unpaired) electrons. The van der Waals surface area contributed by atoms with Crippen LogP contribution in [-0.4, -0.2) is 70.6 Å². The maximum Gasteiger partial charge on any atom is 0.334 e. The summed E-state index contributed by atoms with van der Waals surface area (Å²) in [5.41, 5.74) is 0. The number of likely N-dealkylation sites (tertiary alicyclic amines) is 1. The van der Waals surface area contributed by atoms with E-state index in [1.54, 1.807) is 23.6 Å². The highest BCUT2D eigenvalue weighted by Crippen LogP contribution is 2.22. The van der Waals surface area contributed by atoms with Gasteiger partial charge in [0, 0.05) is 19.5 Å². The lowest BCUT2D eigenvalue weighted by molar-refractivity contribution is -0.169. The number of rotatable bonds is 3. The van der Waals surface area contributed by atoms with Crippen LogP contribution in [0, 0.1) is 0 Å². The molecule has 1 N–H and O–H groups in total. The Kier molecular flexibility index (Phi) is 5.39. The van der Waals surface area contributed by atoms with Gasteiger partial charge in [0.2, 0.25) is 11.8 Å². The van der Waals surface area contributed by atoms with Crippen molar-refractivity contribution in [1.29, 1.82) is 0 Å². The number of piperidine rings is 1. The number of nitrogens with zero attached hydrogens (tertiary/aromatic N) is 2. The molecule has 2 aliphatic rings. The zero-order valence-electron chi connectivity index (χ0n) is 13.2. The molecule has 3 atom stereocenters. The van der Waals surface area contributed by atoms with E-state index in [1.165, 1.54) is 0 Å². The third kappa shape index (κ3) is 3.58. The molecular weight excluding hydrogens is 288 g/mol. The van der Waals surface area contributed by atoms with E-state index in [-0.39, 0.29) is 24.5 Å². The minimum atomic E-state index is -1.06. The summed E-state index contributed by atoms with van der Waals surface area (Å²) in [6.45, 7) is 4.56. The van der Waals surface area contributed by atoms with Crippen molar-refractivity contribution in [3.8, 4) is 0 Å². The van der Waals surface area contributed by atoms with E-state index < -0.39 is 18.1 Å². The third-order valence-corrected chi connectivity index (χ3v) is 4.26. The molecule has 0 aliphatic carbocycles. The van der Waals surface area contributed by atoms with E-state index in [2.05, 4.69) is 0 Å². The molecule has 22 heavy (non-hydrogen) atoms. The van der Waals surface area contributed by atoms with Crippen LogP contribution in [0.3, 0.4) is 0 Å². The molecular formula is C15H24N2O5. The van der Waals surface area contributed by atoms with Gasteiger partial charge >= 0.3 is 5.97 Å². The lowest BCUT2D eigenvalue weighted by atomic mass is 9.99. The predicted molar refractivity (Wildman–Crippen MR) is 78.2 cm³/mol. The van der Waals surface area contributed by atoms with Crippen molar-refractivity contribution in [2.24, 2.45) is 0 Å².